The third-order valence-corrected chi connectivity index (χ3v) is 3.18. The zero-order chi connectivity index (χ0) is 13.0. The molecule has 0 spiro atoms. The van der Waals surface area contributed by atoms with Crippen LogP contribution in [0.3, 0.4) is 0 Å². The van der Waals surface area contributed by atoms with E-state index >= 15 is 0 Å². The molecular formula is C13H21N5. The molecule has 0 aliphatic heterocycles. The molecule has 0 bridgehead atoms. The third-order valence-electron chi connectivity index (χ3n) is 3.18. The Labute approximate surface area is 108 Å². The normalized spacial score (nSPS) is 12.8. The first-order chi connectivity index (χ1) is 8.70. The monoisotopic (exact) mass is 247 g/mol. The Morgan fingerprint density at radius 1 is 1.39 bits per heavy atom. The van der Waals surface area contributed by atoms with Crippen molar-refractivity contribution in [3.8, 4) is 0 Å². The first-order valence-corrected chi connectivity index (χ1v) is 6.43. The van der Waals surface area contributed by atoms with E-state index in [-0.39, 0.29) is 0 Å². The summed E-state index contributed by atoms with van der Waals surface area (Å²) < 4.78 is 3.90. The highest BCUT2D eigenvalue weighted by atomic mass is 15.3. The minimum absolute atomic E-state index is 0.362. The van der Waals surface area contributed by atoms with Crippen molar-refractivity contribution < 1.29 is 0 Å². The smallest absolute Gasteiger partial charge is 0.0537 e. The van der Waals surface area contributed by atoms with E-state index in [9.17, 15) is 0 Å². The molecule has 0 saturated heterocycles. The molecule has 2 aromatic heterocycles. The Kier molecular flexibility index (Phi) is 4.15. The maximum Gasteiger partial charge on any atom is 0.0537 e. The lowest BCUT2D eigenvalue weighted by atomic mass is 10.2. The molecule has 5 nitrogen and oxygen atoms in total. The summed E-state index contributed by atoms with van der Waals surface area (Å²) in [4.78, 5) is 0. The maximum absolute atomic E-state index is 4.40. The molecule has 5 heteroatoms. The molecule has 1 unspecified atom stereocenters. The van der Waals surface area contributed by atoms with Crippen LogP contribution < -0.4 is 5.32 Å². The second kappa shape index (κ2) is 5.82. The van der Waals surface area contributed by atoms with E-state index in [1.165, 1.54) is 11.3 Å². The minimum atomic E-state index is 0.362. The van der Waals surface area contributed by atoms with E-state index in [0.717, 1.165) is 19.5 Å². The van der Waals surface area contributed by atoms with Crippen LogP contribution in [0.5, 0.6) is 0 Å². The van der Waals surface area contributed by atoms with Crippen molar-refractivity contribution in [2.75, 3.05) is 6.54 Å². The largest absolute Gasteiger partial charge is 0.310 e. The van der Waals surface area contributed by atoms with Gasteiger partial charge in [0.1, 0.15) is 0 Å². The molecule has 2 aromatic rings. The van der Waals surface area contributed by atoms with Gasteiger partial charge in [-0.1, -0.05) is 6.92 Å². The average molecular weight is 247 g/mol. The fourth-order valence-electron chi connectivity index (χ4n) is 2.03. The number of rotatable bonds is 6. The summed E-state index contributed by atoms with van der Waals surface area (Å²) >= 11 is 0. The number of aryl methyl sites for hydroxylation is 3. The summed E-state index contributed by atoms with van der Waals surface area (Å²) in [5, 5.41) is 11.9. The van der Waals surface area contributed by atoms with Crippen LogP contribution in [0.1, 0.15) is 31.1 Å². The van der Waals surface area contributed by atoms with E-state index in [4.69, 9.17) is 0 Å². The molecule has 0 radical (unpaired) electrons. The average Bonchev–Trinajstić information content (AvgIpc) is 2.96. The zero-order valence-corrected chi connectivity index (χ0v) is 11.3. The summed E-state index contributed by atoms with van der Waals surface area (Å²) in [5.41, 5.74) is 2.47. The topological polar surface area (TPSA) is 47.7 Å². The lowest BCUT2D eigenvalue weighted by Crippen LogP contribution is -2.17. The maximum atomic E-state index is 4.40. The van der Waals surface area contributed by atoms with Gasteiger partial charge in [-0.3, -0.25) is 9.36 Å². The molecule has 0 aromatic carbocycles. The van der Waals surface area contributed by atoms with E-state index in [1.807, 2.05) is 34.9 Å². The molecule has 0 saturated carbocycles. The summed E-state index contributed by atoms with van der Waals surface area (Å²) in [7, 11) is 1.97. The highest BCUT2D eigenvalue weighted by Gasteiger charge is 2.07. The number of hydrogen-bond acceptors (Lipinski definition) is 3. The lowest BCUT2D eigenvalue weighted by molar-refractivity contribution is 0.578. The Morgan fingerprint density at radius 3 is 2.89 bits per heavy atom. The van der Waals surface area contributed by atoms with E-state index in [2.05, 4.69) is 35.6 Å². The van der Waals surface area contributed by atoms with Crippen LogP contribution in [0.25, 0.3) is 0 Å². The molecule has 1 N–H and O–H groups in total. The molecule has 98 valence electrons. The predicted octanol–water partition coefficient (Wildman–Crippen LogP) is 1.53. The molecule has 0 fully saturated rings. The van der Waals surface area contributed by atoms with E-state index in [1.54, 1.807) is 0 Å². The van der Waals surface area contributed by atoms with Gasteiger partial charge in [0.05, 0.1) is 6.20 Å². The molecule has 0 amide bonds. The minimum Gasteiger partial charge on any atom is -0.310 e. The second-order valence-electron chi connectivity index (χ2n) is 4.51. The van der Waals surface area contributed by atoms with Crippen LogP contribution >= 0.6 is 0 Å². The first kappa shape index (κ1) is 12.8. The molecular weight excluding hydrogens is 226 g/mol. The van der Waals surface area contributed by atoms with Gasteiger partial charge in [0, 0.05) is 49.7 Å². The highest BCUT2D eigenvalue weighted by Crippen LogP contribution is 2.10. The van der Waals surface area contributed by atoms with Crippen molar-refractivity contribution in [3.05, 3.63) is 35.9 Å². The Balaban J connectivity index is 1.93. The van der Waals surface area contributed by atoms with Crippen molar-refractivity contribution in [2.24, 2.45) is 7.05 Å². The van der Waals surface area contributed by atoms with Gasteiger partial charge in [-0.2, -0.15) is 10.2 Å². The highest BCUT2D eigenvalue weighted by molar-refractivity contribution is 5.09. The van der Waals surface area contributed by atoms with Crippen LogP contribution in [-0.2, 0) is 20.0 Å². The molecule has 18 heavy (non-hydrogen) atoms. The fraction of sp³-hybridized carbons (Fsp3) is 0.538. The van der Waals surface area contributed by atoms with Crippen molar-refractivity contribution in [1.29, 1.82) is 0 Å². The van der Waals surface area contributed by atoms with E-state index < -0.39 is 0 Å². The summed E-state index contributed by atoms with van der Waals surface area (Å²) in [6, 6.07) is 2.41. The van der Waals surface area contributed by atoms with Crippen molar-refractivity contribution in [2.45, 2.75) is 32.9 Å². The van der Waals surface area contributed by atoms with Gasteiger partial charge in [-0.05, 0) is 19.5 Å². The SMILES string of the molecule is CCNC(C)c1cnn(CCc2ccnn2C)c1. The summed E-state index contributed by atoms with van der Waals surface area (Å²) in [6.45, 7) is 6.13. The van der Waals surface area contributed by atoms with E-state index in [0.29, 0.717) is 6.04 Å². The number of nitrogens with one attached hydrogen (secondary N) is 1. The van der Waals surface area contributed by atoms with Crippen LogP contribution in [0, 0.1) is 0 Å². The Hall–Kier alpha value is -1.62. The van der Waals surface area contributed by atoms with Crippen LogP contribution in [0.2, 0.25) is 0 Å². The molecule has 1 atom stereocenters. The van der Waals surface area contributed by atoms with Gasteiger partial charge < -0.3 is 5.32 Å². The van der Waals surface area contributed by atoms with Gasteiger partial charge in [0.2, 0.25) is 0 Å². The summed E-state index contributed by atoms with van der Waals surface area (Å²) in [5.74, 6) is 0. The molecule has 2 rings (SSSR count). The van der Waals surface area contributed by atoms with Gasteiger partial charge in [-0.15, -0.1) is 0 Å². The van der Waals surface area contributed by atoms with Crippen molar-refractivity contribution in [3.63, 3.8) is 0 Å². The quantitative estimate of drug-likeness (QED) is 0.842. The van der Waals surface area contributed by atoms with Crippen molar-refractivity contribution >= 4 is 0 Å². The molecule has 2 heterocycles. The van der Waals surface area contributed by atoms with Gasteiger partial charge in [0.15, 0.2) is 0 Å². The predicted molar refractivity (Wildman–Crippen MR) is 71.2 cm³/mol. The summed E-state index contributed by atoms with van der Waals surface area (Å²) in [6.07, 6.45) is 6.84. The number of aromatic nitrogens is 4. The van der Waals surface area contributed by atoms with Crippen molar-refractivity contribution in [1.82, 2.24) is 24.9 Å². The van der Waals surface area contributed by atoms with Gasteiger partial charge >= 0.3 is 0 Å². The van der Waals surface area contributed by atoms with Gasteiger partial charge in [0.25, 0.3) is 0 Å². The lowest BCUT2D eigenvalue weighted by Gasteiger charge is -2.08. The third kappa shape index (κ3) is 2.98. The zero-order valence-electron chi connectivity index (χ0n) is 11.3. The van der Waals surface area contributed by atoms with Crippen LogP contribution in [0.4, 0.5) is 0 Å². The number of nitrogens with zero attached hydrogens (tertiary/aromatic N) is 4. The molecule has 0 aliphatic rings. The van der Waals surface area contributed by atoms with Gasteiger partial charge in [-0.25, -0.2) is 0 Å². The van der Waals surface area contributed by atoms with Crippen LogP contribution in [-0.4, -0.2) is 26.1 Å². The number of hydrogen-bond donors (Lipinski definition) is 1. The molecule has 0 aliphatic carbocycles. The fourth-order valence-corrected chi connectivity index (χ4v) is 2.03. The first-order valence-electron chi connectivity index (χ1n) is 6.43. The Bertz CT molecular complexity index is 485. The second-order valence-corrected chi connectivity index (χ2v) is 4.51. The van der Waals surface area contributed by atoms with Crippen LogP contribution in [0.15, 0.2) is 24.7 Å². The Morgan fingerprint density at radius 2 is 2.22 bits per heavy atom. The standard InChI is InChI=1S/C13H21N5/c1-4-14-11(2)12-9-16-18(10-12)8-6-13-5-7-15-17(13)3/h5,7,9-11,14H,4,6,8H2,1-3H3.